The predicted molar refractivity (Wildman–Crippen MR) is 60.4 cm³/mol. The fourth-order valence-corrected chi connectivity index (χ4v) is 1.55. The number of rotatable bonds is 2. The van der Waals surface area contributed by atoms with Crippen LogP contribution in [0.25, 0.3) is 11.0 Å². The van der Waals surface area contributed by atoms with Gasteiger partial charge in [-0.05, 0) is 13.0 Å². The summed E-state index contributed by atoms with van der Waals surface area (Å²) in [6, 6.07) is 5.45. The normalized spacial score (nSPS) is 10.1. The van der Waals surface area contributed by atoms with E-state index < -0.39 is 0 Å². The van der Waals surface area contributed by atoms with Gasteiger partial charge in [-0.15, -0.1) is 0 Å². The molecule has 5 heteroatoms. The van der Waals surface area contributed by atoms with Crippen LogP contribution in [-0.2, 0) is 0 Å². The summed E-state index contributed by atoms with van der Waals surface area (Å²) in [5.41, 5.74) is 1.45. The van der Waals surface area contributed by atoms with Gasteiger partial charge in [-0.25, -0.2) is 4.98 Å². The predicted octanol–water partition coefficient (Wildman–Crippen LogP) is 2.55. The number of hydrogen-bond acceptors (Lipinski definition) is 4. The molecule has 0 saturated carbocycles. The van der Waals surface area contributed by atoms with Crippen LogP contribution in [0.1, 0.15) is 12.5 Å². The lowest BCUT2D eigenvalue weighted by atomic mass is 10.2. The van der Waals surface area contributed by atoms with Crippen molar-refractivity contribution in [2.45, 2.75) is 6.92 Å². The molecule has 0 aliphatic heterocycles. The number of hydrogen-bond donors (Lipinski definition) is 0. The smallest absolute Gasteiger partial charge is 0.213 e. The van der Waals surface area contributed by atoms with E-state index in [4.69, 9.17) is 21.6 Å². The Bertz CT molecular complexity index is 577. The van der Waals surface area contributed by atoms with E-state index in [9.17, 15) is 0 Å². The SMILES string of the molecule is CCOc1ccc2ncc(C#N)c(Cl)c2n1. The first-order valence-corrected chi connectivity index (χ1v) is 5.12. The van der Waals surface area contributed by atoms with Crippen LogP contribution < -0.4 is 4.74 Å². The maximum atomic E-state index is 8.82. The van der Waals surface area contributed by atoms with Crippen molar-refractivity contribution >= 4 is 22.6 Å². The Hall–Kier alpha value is -1.86. The molecule has 0 aliphatic rings. The summed E-state index contributed by atoms with van der Waals surface area (Å²) in [7, 11) is 0. The lowest BCUT2D eigenvalue weighted by molar-refractivity contribution is 0.328. The van der Waals surface area contributed by atoms with Gasteiger partial charge < -0.3 is 4.74 Å². The quantitative estimate of drug-likeness (QED) is 0.800. The molecule has 16 heavy (non-hydrogen) atoms. The molecule has 2 rings (SSSR count). The van der Waals surface area contributed by atoms with Crippen molar-refractivity contribution < 1.29 is 4.74 Å². The highest BCUT2D eigenvalue weighted by Gasteiger charge is 2.08. The summed E-state index contributed by atoms with van der Waals surface area (Å²) in [5, 5.41) is 9.13. The summed E-state index contributed by atoms with van der Waals surface area (Å²) in [6.07, 6.45) is 1.44. The van der Waals surface area contributed by atoms with E-state index >= 15 is 0 Å². The van der Waals surface area contributed by atoms with Crippen LogP contribution in [0, 0.1) is 11.3 Å². The minimum atomic E-state index is 0.314. The van der Waals surface area contributed by atoms with Crippen molar-refractivity contribution in [3.63, 3.8) is 0 Å². The lowest BCUT2D eigenvalue weighted by Crippen LogP contribution is -1.95. The van der Waals surface area contributed by atoms with Crippen LogP contribution in [0.4, 0.5) is 0 Å². The first-order valence-electron chi connectivity index (χ1n) is 4.74. The van der Waals surface area contributed by atoms with E-state index in [-0.39, 0.29) is 0 Å². The van der Waals surface area contributed by atoms with E-state index in [0.29, 0.717) is 34.1 Å². The van der Waals surface area contributed by atoms with Crippen LogP contribution in [-0.4, -0.2) is 16.6 Å². The van der Waals surface area contributed by atoms with Gasteiger partial charge in [0.05, 0.1) is 22.7 Å². The van der Waals surface area contributed by atoms with Crippen molar-refractivity contribution in [3.8, 4) is 11.9 Å². The second kappa shape index (κ2) is 4.33. The number of fused-ring (bicyclic) bond motifs is 1. The largest absolute Gasteiger partial charge is 0.478 e. The third-order valence-corrected chi connectivity index (χ3v) is 2.42. The van der Waals surface area contributed by atoms with Gasteiger partial charge in [-0.1, -0.05) is 11.6 Å². The molecule has 0 spiro atoms. The third kappa shape index (κ3) is 1.77. The molecule has 0 bridgehead atoms. The average Bonchev–Trinajstić information content (AvgIpc) is 2.31. The Morgan fingerprint density at radius 1 is 1.50 bits per heavy atom. The van der Waals surface area contributed by atoms with Crippen LogP contribution in [0.2, 0.25) is 5.02 Å². The van der Waals surface area contributed by atoms with Gasteiger partial charge >= 0.3 is 0 Å². The molecule has 0 aromatic carbocycles. The highest BCUT2D eigenvalue weighted by molar-refractivity contribution is 6.36. The molecule has 0 atom stereocenters. The number of nitriles is 1. The zero-order valence-electron chi connectivity index (χ0n) is 8.57. The van der Waals surface area contributed by atoms with E-state index in [0.717, 1.165) is 0 Å². The molecule has 0 unspecified atom stereocenters. The van der Waals surface area contributed by atoms with Gasteiger partial charge in [0.2, 0.25) is 5.88 Å². The van der Waals surface area contributed by atoms with Crippen LogP contribution in [0.3, 0.4) is 0 Å². The second-order valence-corrected chi connectivity index (χ2v) is 3.43. The third-order valence-electron chi connectivity index (χ3n) is 2.04. The fraction of sp³-hybridized carbons (Fsp3) is 0.182. The summed E-state index contributed by atoms with van der Waals surface area (Å²) >= 11 is 6.03. The topological polar surface area (TPSA) is 58.8 Å². The summed E-state index contributed by atoms with van der Waals surface area (Å²) < 4.78 is 5.26. The lowest BCUT2D eigenvalue weighted by Gasteiger charge is -2.04. The van der Waals surface area contributed by atoms with Gasteiger partial charge in [0.25, 0.3) is 0 Å². The second-order valence-electron chi connectivity index (χ2n) is 3.05. The van der Waals surface area contributed by atoms with Crippen LogP contribution >= 0.6 is 11.6 Å². The minimum Gasteiger partial charge on any atom is -0.478 e. The highest BCUT2D eigenvalue weighted by atomic mass is 35.5. The number of ether oxygens (including phenoxy) is 1. The molecule has 80 valence electrons. The van der Waals surface area contributed by atoms with Crippen molar-refractivity contribution in [2.24, 2.45) is 0 Å². The highest BCUT2D eigenvalue weighted by Crippen LogP contribution is 2.25. The molecule has 4 nitrogen and oxygen atoms in total. The standard InChI is InChI=1S/C11H8ClN3O/c1-2-16-9-4-3-8-11(15-9)10(12)7(5-13)6-14-8/h3-4,6H,2H2,1H3. The van der Waals surface area contributed by atoms with Gasteiger partial charge in [0.15, 0.2) is 0 Å². The maximum Gasteiger partial charge on any atom is 0.213 e. The van der Waals surface area contributed by atoms with Gasteiger partial charge in [-0.2, -0.15) is 5.26 Å². The molecular formula is C11H8ClN3O. The van der Waals surface area contributed by atoms with E-state index in [2.05, 4.69) is 9.97 Å². The molecule has 0 fully saturated rings. The molecule has 0 aliphatic carbocycles. The zero-order chi connectivity index (χ0) is 11.5. The van der Waals surface area contributed by atoms with E-state index in [1.807, 2.05) is 13.0 Å². The maximum absolute atomic E-state index is 8.82. The van der Waals surface area contributed by atoms with E-state index in [1.165, 1.54) is 6.20 Å². The minimum absolute atomic E-state index is 0.314. The molecule has 2 aromatic heterocycles. The molecule has 2 aromatic rings. The summed E-state index contributed by atoms with van der Waals surface area (Å²) in [5.74, 6) is 0.480. The molecule has 0 saturated heterocycles. The Morgan fingerprint density at radius 3 is 3.00 bits per heavy atom. The molecule has 0 amide bonds. The average molecular weight is 234 g/mol. The number of aromatic nitrogens is 2. The molecule has 0 N–H and O–H groups in total. The number of halogens is 1. The van der Waals surface area contributed by atoms with Crippen molar-refractivity contribution in [1.82, 2.24) is 9.97 Å². The van der Waals surface area contributed by atoms with Crippen molar-refractivity contribution in [2.75, 3.05) is 6.61 Å². The van der Waals surface area contributed by atoms with Crippen molar-refractivity contribution in [3.05, 3.63) is 28.9 Å². The Balaban J connectivity index is 2.66. The first-order chi connectivity index (χ1) is 7.76. The van der Waals surface area contributed by atoms with E-state index in [1.54, 1.807) is 12.1 Å². The van der Waals surface area contributed by atoms with Crippen molar-refractivity contribution in [1.29, 1.82) is 5.26 Å². The first kappa shape index (κ1) is 10.7. The van der Waals surface area contributed by atoms with Crippen LogP contribution in [0.15, 0.2) is 18.3 Å². The monoisotopic (exact) mass is 233 g/mol. The number of pyridine rings is 2. The van der Waals surface area contributed by atoms with Gasteiger partial charge in [-0.3, -0.25) is 4.98 Å². The fourth-order valence-electron chi connectivity index (χ4n) is 1.32. The molecular weight excluding hydrogens is 226 g/mol. The Kier molecular flexibility index (Phi) is 2.88. The Labute approximate surface area is 97.5 Å². The van der Waals surface area contributed by atoms with Gasteiger partial charge in [0, 0.05) is 12.3 Å². The number of nitrogens with zero attached hydrogens (tertiary/aromatic N) is 3. The zero-order valence-corrected chi connectivity index (χ0v) is 9.32. The van der Waals surface area contributed by atoms with Crippen LogP contribution in [0.5, 0.6) is 5.88 Å². The molecule has 2 heterocycles. The molecule has 0 radical (unpaired) electrons. The van der Waals surface area contributed by atoms with Gasteiger partial charge in [0.1, 0.15) is 11.6 Å². The Morgan fingerprint density at radius 2 is 2.31 bits per heavy atom. The summed E-state index contributed by atoms with van der Waals surface area (Å²) in [4.78, 5) is 8.29. The summed E-state index contributed by atoms with van der Waals surface area (Å²) in [6.45, 7) is 2.40.